The van der Waals surface area contributed by atoms with Crippen LogP contribution in [0.3, 0.4) is 0 Å². The van der Waals surface area contributed by atoms with Crippen LogP contribution >= 0.6 is 0 Å². The van der Waals surface area contributed by atoms with Gasteiger partial charge in [0, 0.05) is 24.2 Å². The summed E-state index contributed by atoms with van der Waals surface area (Å²) in [5.74, 6) is 0.697. The van der Waals surface area contributed by atoms with Gasteiger partial charge in [-0.15, -0.1) is 5.10 Å². The molecule has 9 heteroatoms. The van der Waals surface area contributed by atoms with Crippen LogP contribution in [0.15, 0.2) is 77.3 Å². The first-order chi connectivity index (χ1) is 16.1. The summed E-state index contributed by atoms with van der Waals surface area (Å²) in [5, 5.41) is 11.0. The number of carbonyl (C=O) groups is 2. The van der Waals surface area contributed by atoms with E-state index in [0.717, 1.165) is 17.0 Å². The molecule has 0 aliphatic heterocycles. The minimum Gasteiger partial charge on any atom is -0.487 e. The quantitative estimate of drug-likeness (QED) is 0.384. The zero-order chi connectivity index (χ0) is 23.0. The molecule has 4 rings (SSSR count). The fourth-order valence-corrected chi connectivity index (χ4v) is 3.16. The third-order valence-corrected chi connectivity index (χ3v) is 4.81. The first-order valence-electron chi connectivity index (χ1n) is 10.4. The van der Waals surface area contributed by atoms with Crippen LogP contribution in [0.4, 0.5) is 5.69 Å². The van der Waals surface area contributed by atoms with Crippen molar-refractivity contribution in [2.75, 3.05) is 5.32 Å². The molecule has 0 fully saturated rings. The van der Waals surface area contributed by atoms with E-state index in [1.807, 2.05) is 36.5 Å². The lowest BCUT2D eigenvalue weighted by atomic mass is 10.1. The topological polar surface area (TPSA) is 125 Å². The van der Waals surface area contributed by atoms with E-state index in [4.69, 9.17) is 14.9 Å². The van der Waals surface area contributed by atoms with E-state index in [2.05, 4.69) is 15.6 Å². The Kier molecular flexibility index (Phi) is 6.79. The number of para-hydroxylation sites is 1. The van der Waals surface area contributed by atoms with Gasteiger partial charge in [0.2, 0.25) is 5.91 Å². The second kappa shape index (κ2) is 10.3. The fraction of sp³-hybridized carbons (Fsp3) is 0.167. The summed E-state index contributed by atoms with van der Waals surface area (Å²) in [6.07, 6.45) is 2.78. The van der Waals surface area contributed by atoms with Crippen molar-refractivity contribution in [1.82, 2.24) is 15.0 Å². The van der Waals surface area contributed by atoms with Gasteiger partial charge in [-0.1, -0.05) is 23.4 Å². The third-order valence-electron chi connectivity index (χ3n) is 4.81. The molecule has 0 aliphatic carbocycles. The maximum Gasteiger partial charge on any atom is 0.284 e. The van der Waals surface area contributed by atoms with Crippen molar-refractivity contribution in [3.63, 3.8) is 0 Å². The SMILES string of the molecule is NC(=O)c1ccc(-c2ccc(NC(=O)CCCn3cc(COc4ccccc4)nn3)cc2)o1. The van der Waals surface area contributed by atoms with E-state index in [1.54, 1.807) is 35.0 Å². The lowest BCUT2D eigenvalue weighted by molar-refractivity contribution is -0.116. The second-order valence-electron chi connectivity index (χ2n) is 7.33. The van der Waals surface area contributed by atoms with Crippen LogP contribution in [0.5, 0.6) is 5.75 Å². The van der Waals surface area contributed by atoms with Crippen LogP contribution in [0.1, 0.15) is 29.1 Å². The largest absolute Gasteiger partial charge is 0.487 e. The molecule has 2 aromatic carbocycles. The molecule has 0 bridgehead atoms. The number of benzene rings is 2. The molecule has 33 heavy (non-hydrogen) atoms. The van der Waals surface area contributed by atoms with Gasteiger partial charge in [0.15, 0.2) is 5.76 Å². The summed E-state index contributed by atoms with van der Waals surface area (Å²) in [5.41, 5.74) is 7.38. The van der Waals surface area contributed by atoms with Gasteiger partial charge in [-0.05, 0) is 55.0 Å². The summed E-state index contributed by atoms with van der Waals surface area (Å²) >= 11 is 0. The van der Waals surface area contributed by atoms with E-state index in [1.165, 1.54) is 6.07 Å². The highest BCUT2D eigenvalue weighted by Crippen LogP contribution is 2.23. The van der Waals surface area contributed by atoms with Crippen molar-refractivity contribution < 1.29 is 18.7 Å². The van der Waals surface area contributed by atoms with Gasteiger partial charge in [-0.25, -0.2) is 0 Å². The van der Waals surface area contributed by atoms with E-state index >= 15 is 0 Å². The molecular weight excluding hydrogens is 422 g/mol. The number of aryl methyl sites for hydroxylation is 1. The molecule has 0 saturated carbocycles. The Morgan fingerprint density at radius 3 is 2.55 bits per heavy atom. The van der Waals surface area contributed by atoms with Crippen LogP contribution in [-0.2, 0) is 17.9 Å². The molecule has 9 nitrogen and oxygen atoms in total. The number of amides is 2. The van der Waals surface area contributed by atoms with Crippen LogP contribution in [0.2, 0.25) is 0 Å². The van der Waals surface area contributed by atoms with Crippen LogP contribution < -0.4 is 15.8 Å². The Morgan fingerprint density at radius 2 is 1.82 bits per heavy atom. The molecule has 2 aromatic heterocycles. The van der Waals surface area contributed by atoms with Crippen molar-refractivity contribution >= 4 is 17.5 Å². The van der Waals surface area contributed by atoms with Crippen molar-refractivity contribution in [3.8, 4) is 17.1 Å². The third kappa shape index (κ3) is 6.07. The van der Waals surface area contributed by atoms with Crippen LogP contribution in [0, 0.1) is 0 Å². The summed E-state index contributed by atoms with van der Waals surface area (Å²) in [4.78, 5) is 23.4. The van der Waals surface area contributed by atoms with Gasteiger partial charge in [-0.2, -0.15) is 0 Å². The van der Waals surface area contributed by atoms with Gasteiger partial charge in [-0.3, -0.25) is 14.3 Å². The molecule has 0 unspecified atom stereocenters. The number of anilines is 1. The van der Waals surface area contributed by atoms with Gasteiger partial charge < -0.3 is 20.2 Å². The maximum atomic E-state index is 12.3. The Balaban J connectivity index is 1.20. The first kappa shape index (κ1) is 21.8. The number of nitrogens with two attached hydrogens (primary N) is 1. The summed E-state index contributed by atoms with van der Waals surface area (Å²) in [7, 11) is 0. The minimum absolute atomic E-state index is 0.0930. The molecule has 2 amide bonds. The molecule has 4 aromatic rings. The van der Waals surface area contributed by atoms with Crippen LogP contribution in [0.25, 0.3) is 11.3 Å². The van der Waals surface area contributed by atoms with E-state index in [0.29, 0.717) is 37.4 Å². The highest BCUT2D eigenvalue weighted by Gasteiger charge is 2.10. The highest BCUT2D eigenvalue weighted by molar-refractivity contribution is 5.91. The summed E-state index contributed by atoms with van der Waals surface area (Å²) < 4.78 is 12.8. The summed E-state index contributed by atoms with van der Waals surface area (Å²) in [6, 6.07) is 19.9. The average molecular weight is 445 g/mol. The molecule has 0 radical (unpaired) electrons. The monoisotopic (exact) mass is 445 g/mol. The highest BCUT2D eigenvalue weighted by atomic mass is 16.5. The van der Waals surface area contributed by atoms with Gasteiger partial charge in [0.1, 0.15) is 23.8 Å². The number of nitrogens with one attached hydrogen (secondary N) is 1. The predicted octanol–water partition coefficient (Wildman–Crippen LogP) is 3.63. The number of furan rings is 1. The number of nitrogens with zero attached hydrogens (tertiary/aromatic N) is 3. The number of primary amides is 1. The van der Waals surface area contributed by atoms with Crippen molar-refractivity contribution in [2.45, 2.75) is 26.0 Å². The number of hydrogen-bond donors (Lipinski definition) is 2. The lowest BCUT2D eigenvalue weighted by Gasteiger charge is -2.06. The molecule has 168 valence electrons. The van der Waals surface area contributed by atoms with Crippen molar-refractivity contribution in [3.05, 3.63) is 84.4 Å². The Hall–Kier alpha value is -4.40. The Labute approximate surface area is 190 Å². The van der Waals surface area contributed by atoms with Gasteiger partial charge in [0.25, 0.3) is 5.91 Å². The minimum atomic E-state index is -0.618. The van der Waals surface area contributed by atoms with Gasteiger partial charge >= 0.3 is 0 Å². The molecule has 0 spiro atoms. The standard InChI is InChI=1S/C24H23N5O4/c25-24(31)22-13-12-21(33-22)17-8-10-18(11-9-17)26-23(30)7-4-14-29-15-19(27-28-29)16-32-20-5-2-1-3-6-20/h1-3,5-6,8-13,15H,4,7,14,16H2,(H2,25,31)(H,26,30). The van der Waals surface area contributed by atoms with Crippen molar-refractivity contribution in [1.29, 1.82) is 0 Å². The molecular formula is C24H23N5O4. The first-order valence-corrected chi connectivity index (χ1v) is 10.4. The predicted molar refractivity (Wildman–Crippen MR) is 121 cm³/mol. The molecule has 0 atom stereocenters. The maximum absolute atomic E-state index is 12.3. The number of aromatic nitrogens is 3. The van der Waals surface area contributed by atoms with E-state index in [-0.39, 0.29) is 11.7 Å². The number of ether oxygens (including phenoxy) is 1. The lowest BCUT2D eigenvalue weighted by Crippen LogP contribution is -2.12. The summed E-state index contributed by atoms with van der Waals surface area (Å²) in [6.45, 7) is 0.910. The zero-order valence-electron chi connectivity index (χ0n) is 17.8. The molecule has 0 aliphatic rings. The Morgan fingerprint density at radius 1 is 1.03 bits per heavy atom. The van der Waals surface area contributed by atoms with Crippen molar-refractivity contribution in [2.24, 2.45) is 5.73 Å². The fourth-order valence-electron chi connectivity index (χ4n) is 3.16. The second-order valence-corrected chi connectivity index (χ2v) is 7.33. The average Bonchev–Trinajstić information content (AvgIpc) is 3.49. The zero-order valence-corrected chi connectivity index (χ0v) is 17.8. The van der Waals surface area contributed by atoms with E-state index in [9.17, 15) is 9.59 Å². The number of carbonyl (C=O) groups excluding carboxylic acids is 2. The Bertz CT molecular complexity index is 1220. The van der Waals surface area contributed by atoms with Crippen LogP contribution in [-0.4, -0.2) is 26.8 Å². The smallest absolute Gasteiger partial charge is 0.284 e. The van der Waals surface area contributed by atoms with Gasteiger partial charge in [0.05, 0.1) is 6.20 Å². The number of rotatable bonds is 10. The molecule has 3 N–H and O–H groups in total. The molecule has 2 heterocycles. The normalized spacial score (nSPS) is 10.7. The van der Waals surface area contributed by atoms with E-state index < -0.39 is 5.91 Å². The number of hydrogen-bond acceptors (Lipinski definition) is 6. The molecule has 0 saturated heterocycles.